The molecule has 0 bridgehead atoms. The first kappa shape index (κ1) is 27.6. The first-order chi connectivity index (χ1) is 17.3. The van der Waals surface area contributed by atoms with Crippen molar-refractivity contribution in [3.63, 3.8) is 0 Å². The lowest BCUT2D eigenvalue weighted by Gasteiger charge is -2.22. The fraction of sp³-hybridized carbons (Fsp3) is 0.276. The molecule has 3 aromatic rings. The molecule has 37 heavy (non-hydrogen) atoms. The smallest absolute Gasteiger partial charge is 0.307 e. The molecular formula is C29H28F3NO4. The summed E-state index contributed by atoms with van der Waals surface area (Å²) in [4.78, 5) is 39.7. The topological polar surface area (TPSA) is 63.7 Å². The summed E-state index contributed by atoms with van der Waals surface area (Å²) in [6, 6.07) is 14.3. The van der Waals surface area contributed by atoms with Gasteiger partial charge in [0.2, 0.25) is 0 Å². The fourth-order valence-electron chi connectivity index (χ4n) is 3.86. The largest absolute Gasteiger partial charge is 0.460 e. The summed E-state index contributed by atoms with van der Waals surface area (Å²) in [5, 5.41) is 0. The second-order valence-corrected chi connectivity index (χ2v) is 9.85. The molecule has 1 atom stereocenters. The molecule has 0 fully saturated rings. The minimum absolute atomic E-state index is 0.160. The molecule has 0 saturated heterocycles. The van der Waals surface area contributed by atoms with Gasteiger partial charge in [0.05, 0.1) is 17.9 Å². The Morgan fingerprint density at radius 2 is 1.46 bits per heavy atom. The van der Waals surface area contributed by atoms with Gasteiger partial charge in [0, 0.05) is 31.8 Å². The Morgan fingerprint density at radius 1 is 0.865 bits per heavy atom. The zero-order valence-corrected chi connectivity index (χ0v) is 21.3. The van der Waals surface area contributed by atoms with Crippen molar-refractivity contribution in [2.45, 2.75) is 38.7 Å². The molecule has 8 heteroatoms. The van der Waals surface area contributed by atoms with Crippen LogP contribution in [0, 0.1) is 17.5 Å². The van der Waals surface area contributed by atoms with Gasteiger partial charge in [-0.3, -0.25) is 14.4 Å². The molecule has 3 aromatic carbocycles. The van der Waals surface area contributed by atoms with Gasteiger partial charge in [0.25, 0.3) is 5.91 Å². The molecule has 5 nitrogen and oxygen atoms in total. The third kappa shape index (κ3) is 6.84. The summed E-state index contributed by atoms with van der Waals surface area (Å²) in [7, 11) is 3.29. The first-order valence-corrected chi connectivity index (χ1v) is 11.6. The van der Waals surface area contributed by atoms with Crippen LogP contribution in [0.5, 0.6) is 0 Å². The predicted octanol–water partition coefficient (Wildman–Crippen LogP) is 6.17. The number of hydrogen-bond donors (Lipinski definition) is 0. The third-order valence-corrected chi connectivity index (χ3v) is 5.52. The van der Waals surface area contributed by atoms with Crippen molar-refractivity contribution < 1.29 is 32.3 Å². The maximum Gasteiger partial charge on any atom is 0.307 e. The number of nitrogens with zero attached hydrogens (tertiary/aromatic N) is 1. The zero-order chi connectivity index (χ0) is 27.5. The molecule has 0 aliphatic heterocycles. The van der Waals surface area contributed by atoms with Crippen LogP contribution in [-0.2, 0) is 9.53 Å². The number of amides is 1. The molecule has 1 unspecified atom stereocenters. The lowest BCUT2D eigenvalue weighted by Crippen LogP contribution is -2.27. The molecule has 0 aliphatic carbocycles. The van der Waals surface area contributed by atoms with E-state index >= 15 is 0 Å². The molecule has 0 spiro atoms. The second kappa shape index (κ2) is 11.0. The number of ether oxygens (including phenoxy) is 1. The van der Waals surface area contributed by atoms with Crippen molar-refractivity contribution in [2.24, 2.45) is 0 Å². The van der Waals surface area contributed by atoms with Crippen LogP contribution in [0.1, 0.15) is 59.4 Å². The van der Waals surface area contributed by atoms with Crippen molar-refractivity contribution in [3.8, 4) is 11.1 Å². The van der Waals surface area contributed by atoms with E-state index in [9.17, 15) is 27.6 Å². The van der Waals surface area contributed by atoms with Gasteiger partial charge in [-0.25, -0.2) is 13.2 Å². The van der Waals surface area contributed by atoms with E-state index in [2.05, 4.69) is 0 Å². The average molecular weight is 512 g/mol. The fourth-order valence-corrected chi connectivity index (χ4v) is 3.86. The van der Waals surface area contributed by atoms with Crippen molar-refractivity contribution in [1.82, 2.24) is 4.90 Å². The molecule has 0 N–H and O–H groups in total. The predicted molar refractivity (Wildman–Crippen MR) is 134 cm³/mol. The molecule has 0 aromatic heterocycles. The van der Waals surface area contributed by atoms with E-state index in [1.54, 1.807) is 83.4 Å². The SMILES string of the molecule is CN(C)C(=O)c1ccc(-c2cccc(C(CC(=O)OC(C)(C)C)C(=O)c3c(F)cc(F)cc3F)c2)cc1. The van der Waals surface area contributed by atoms with Gasteiger partial charge in [-0.05, 0) is 49.6 Å². The number of carbonyl (C=O) groups is 3. The van der Waals surface area contributed by atoms with E-state index < -0.39 is 52.7 Å². The van der Waals surface area contributed by atoms with Crippen molar-refractivity contribution >= 4 is 17.7 Å². The van der Waals surface area contributed by atoms with Crippen LogP contribution >= 0.6 is 0 Å². The highest BCUT2D eigenvalue weighted by Gasteiger charge is 2.32. The van der Waals surface area contributed by atoms with E-state index in [-0.39, 0.29) is 5.91 Å². The van der Waals surface area contributed by atoms with Gasteiger partial charge >= 0.3 is 5.97 Å². The molecule has 194 valence electrons. The maximum atomic E-state index is 14.5. The molecule has 3 rings (SSSR count). The molecule has 1 amide bonds. The number of ketones is 1. The van der Waals surface area contributed by atoms with Gasteiger partial charge in [-0.2, -0.15) is 0 Å². The number of carbonyl (C=O) groups excluding carboxylic acids is 3. The number of rotatable bonds is 7. The zero-order valence-electron chi connectivity index (χ0n) is 21.3. The Hall–Kier alpha value is -3.94. The number of halogens is 3. The Morgan fingerprint density at radius 3 is 2.00 bits per heavy atom. The summed E-state index contributed by atoms with van der Waals surface area (Å²) in [5.41, 5.74) is 0.426. The van der Waals surface area contributed by atoms with Crippen molar-refractivity contribution in [3.05, 3.63) is 94.8 Å². The lowest BCUT2D eigenvalue weighted by molar-refractivity contribution is -0.155. The Bertz CT molecular complexity index is 1300. The van der Waals surface area contributed by atoms with Gasteiger partial charge in [0.1, 0.15) is 23.1 Å². The quantitative estimate of drug-likeness (QED) is 0.281. The van der Waals surface area contributed by atoms with Gasteiger partial charge in [0.15, 0.2) is 5.78 Å². The van der Waals surface area contributed by atoms with Crippen molar-refractivity contribution in [1.29, 1.82) is 0 Å². The summed E-state index contributed by atoms with van der Waals surface area (Å²) in [6.07, 6.45) is -0.480. The van der Waals surface area contributed by atoms with Crippen LogP contribution in [0.25, 0.3) is 11.1 Å². The summed E-state index contributed by atoms with van der Waals surface area (Å²) < 4.78 is 47.8. The van der Waals surface area contributed by atoms with E-state index in [0.717, 1.165) is 5.56 Å². The second-order valence-electron chi connectivity index (χ2n) is 9.85. The molecule has 0 heterocycles. The number of Topliss-reactive ketones (excluding diaryl/α,β-unsaturated/α-hetero) is 1. The standard InChI is InChI=1S/C29H28F3NO4/c1-29(2,3)37-25(34)16-22(27(35)26-23(31)14-21(30)15-24(26)32)20-8-6-7-19(13-20)17-9-11-18(12-10-17)28(36)33(4)5/h6-15,22H,16H2,1-5H3. The van der Waals surface area contributed by atoms with Gasteiger partial charge < -0.3 is 9.64 Å². The summed E-state index contributed by atoms with van der Waals surface area (Å²) in [5.74, 6) is -7.06. The van der Waals surface area contributed by atoms with E-state index in [4.69, 9.17) is 4.74 Å². The summed E-state index contributed by atoms with van der Waals surface area (Å²) >= 11 is 0. The van der Waals surface area contributed by atoms with Crippen LogP contribution in [-0.4, -0.2) is 42.3 Å². The minimum atomic E-state index is -1.35. The van der Waals surface area contributed by atoms with Crippen LogP contribution in [0.4, 0.5) is 13.2 Å². The number of benzene rings is 3. The van der Waals surface area contributed by atoms with Crippen LogP contribution in [0.15, 0.2) is 60.7 Å². The van der Waals surface area contributed by atoms with Crippen molar-refractivity contribution in [2.75, 3.05) is 14.1 Å². The van der Waals surface area contributed by atoms with Gasteiger partial charge in [-0.1, -0.05) is 36.4 Å². The third-order valence-electron chi connectivity index (χ3n) is 5.52. The van der Waals surface area contributed by atoms with Crippen LogP contribution in [0.2, 0.25) is 0 Å². The van der Waals surface area contributed by atoms with E-state index in [1.807, 2.05) is 0 Å². The molecular weight excluding hydrogens is 483 g/mol. The summed E-state index contributed by atoms with van der Waals surface area (Å²) in [6.45, 7) is 4.98. The average Bonchev–Trinajstić information content (AvgIpc) is 2.80. The maximum absolute atomic E-state index is 14.5. The normalized spacial score (nSPS) is 12.1. The highest BCUT2D eigenvalue weighted by atomic mass is 19.1. The Labute approximate surface area is 213 Å². The van der Waals surface area contributed by atoms with E-state index in [0.29, 0.717) is 28.8 Å². The first-order valence-electron chi connectivity index (χ1n) is 11.6. The highest BCUT2D eigenvalue weighted by molar-refractivity contribution is 6.03. The molecule has 0 radical (unpaired) electrons. The Kier molecular flexibility index (Phi) is 8.21. The minimum Gasteiger partial charge on any atom is -0.460 e. The van der Waals surface area contributed by atoms with Crippen LogP contribution in [0.3, 0.4) is 0 Å². The van der Waals surface area contributed by atoms with E-state index in [1.165, 1.54) is 4.90 Å². The molecule has 0 saturated carbocycles. The highest BCUT2D eigenvalue weighted by Crippen LogP contribution is 2.32. The Balaban J connectivity index is 2.03. The van der Waals surface area contributed by atoms with Gasteiger partial charge in [-0.15, -0.1) is 0 Å². The monoisotopic (exact) mass is 511 g/mol. The molecule has 0 aliphatic rings. The number of esters is 1. The number of hydrogen-bond acceptors (Lipinski definition) is 4. The lowest BCUT2D eigenvalue weighted by atomic mass is 9.86. The van der Waals surface area contributed by atoms with Crippen LogP contribution < -0.4 is 0 Å².